The maximum Gasteiger partial charge on any atom is 0.307 e. The highest BCUT2D eigenvalue weighted by molar-refractivity contribution is 5.91. The molecule has 0 radical (unpaired) electrons. The van der Waals surface area contributed by atoms with E-state index in [9.17, 15) is 38.4 Å². The molecule has 10 unspecified atom stereocenters. The van der Waals surface area contributed by atoms with Crippen molar-refractivity contribution in [2.24, 2.45) is 71.0 Å². The lowest BCUT2D eigenvalue weighted by Gasteiger charge is -2.53. The number of hydrogen-bond acceptors (Lipinski definition) is 8. The number of carboxylic acids is 8. The number of aliphatic carboxylic acids is 8. The molecule has 0 saturated heterocycles. The van der Waals surface area contributed by atoms with Gasteiger partial charge in [0.05, 0.1) is 47.3 Å². The van der Waals surface area contributed by atoms with E-state index in [0.29, 0.717) is 0 Å². The fourth-order valence-corrected chi connectivity index (χ4v) is 6.60. The van der Waals surface area contributed by atoms with Crippen LogP contribution in [0.2, 0.25) is 0 Å². The van der Waals surface area contributed by atoms with E-state index in [1.807, 2.05) is 0 Å². The molecule has 8 N–H and O–H groups in total. The lowest BCUT2D eigenvalue weighted by molar-refractivity contribution is -0.188. The lowest BCUT2D eigenvalue weighted by Crippen LogP contribution is -2.59. The smallest absolute Gasteiger partial charge is 0.307 e. The summed E-state index contributed by atoms with van der Waals surface area (Å²) in [5.74, 6) is -22.7. The molecular formula is C22H24O16. The van der Waals surface area contributed by atoms with Gasteiger partial charge in [-0.1, -0.05) is 0 Å². The Balaban J connectivity index is 0.000000212. The monoisotopic (exact) mass is 544 g/mol. The summed E-state index contributed by atoms with van der Waals surface area (Å²) >= 11 is 0. The maximum absolute atomic E-state index is 11.1. The topological polar surface area (TPSA) is 298 Å². The number of carbonyl (C=O) groups is 8. The average Bonchev–Trinajstić information content (AvgIpc) is 3.64. The van der Waals surface area contributed by atoms with Crippen LogP contribution in [0.3, 0.4) is 0 Å². The van der Waals surface area contributed by atoms with Crippen LogP contribution in [0.15, 0.2) is 0 Å². The van der Waals surface area contributed by atoms with Crippen LogP contribution in [0.1, 0.15) is 12.8 Å². The standard InChI is InChI=1S/C12H14O8.C10H10O8/c13-9(14)5-1-3-4(2-6(5)10(15)16)8(12(19)20)7(3)11(17)18;11-7(12)3-1(4(3)8(13)14)2-5(9(15)16)6(2)10(17)18/h3-8H,1-2H2,(H,13,14)(H,15,16)(H,17,18)(H,19,20);1-6H,(H,11,12)(H,13,14)(H,15,16)(H,17,18). The first kappa shape index (κ1) is 28.3. The molecule has 0 spiro atoms. The zero-order valence-electron chi connectivity index (χ0n) is 19.2. The van der Waals surface area contributed by atoms with Crippen LogP contribution in [-0.4, -0.2) is 88.6 Å². The minimum atomic E-state index is -1.33. The Hall–Kier alpha value is -4.24. The zero-order chi connectivity index (χ0) is 29.0. The average molecular weight is 544 g/mol. The Morgan fingerprint density at radius 2 is 0.553 bits per heavy atom. The van der Waals surface area contributed by atoms with E-state index < -0.39 is 119 Å². The van der Waals surface area contributed by atoms with Crippen LogP contribution in [-0.2, 0) is 38.4 Å². The van der Waals surface area contributed by atoms with E-state index in [-0.39, 0.29) is 12.8 Å². The summed E-state index contributed by atoms with van der Waals surface area (Å²) in [5, 5.41) is 71.5. The van der Waals surface area contributed by atoms with Crippen molar-refractivity contribution in [3.05, 3.63) is 0 Å². The van der Waals surface area contributed by atoms with E-state index in [1.165, 1.54) is 0 Å². The largest absolute Gasteiger partial charge is 0.481 e. The lowest BCUT2D eigenvalue weighted by atomic mass is 9.48. The predicted molar refractivity (Wildman–Crippen MR) is 112 cm³/mol. The minimum Gasteiger partial charge on any atom is -0.481 e. The van der Waals surface area contributed by atoms with E-state index in [1.54, 1.807) is 0 Å². The second kappa shape index (κ2) is 9.90. The molecule has 4 fully saturated rings. The summed E-state index contributed by atoms with van der Waals surface area (Å²) in [4.78, 5) is 87.7. The van der Waals surface area contributed by atoms with E-state index in [0.717, 1.165) is 0 Å². The second-order valence-corrected chi connectivity index (χ2v) is 10.0. The van der Waals surface area contributed by atoms with Gasteiger partial charge in [-0.2, -0.15) is 0 Å². The molecule has 38 heavy (non-hydrogen) atoms. The Bertz CT molecular complexity index is 957. The molecule has 0 amide bonds. The molecule has 4 saturated carbocycles. The van der Waals surface area contributed by atoms with Crippen molar-refractivity contribution in [2.45, 2.75) is 12.8 Å². The summed E-state index contributed by atoms with van der Waals surface area (Å²) in [6.07, 6.45) is -0.199. The first-order valence-electron chi connectivity index (χ1n) is 11.4. The van der Waals surface area contributed by atoms with Gasteiger partial charge in [-0.3, -0.25) is 38.4 Å². The number of carboxylic acid groups (broad SMARTS) is 8. The van der Waals surface area contributed by atoms with Crippen LogP contribution >= 0.6 is 0 Å². The van der Waals surface area contributed by atoms with Crippen molar-refractivity contribution in [3.8, 4) is 0 Å². The van der Waals surface area contributed by atoms with Crippen molar-refractivity contribution in [1.29, 1.82) is 0 Å². The fraction of sp³-hybridized carbons (Fsp3) is 0.636. The zero-order valence-corrected chi connectivity index (χ0v) is 19.2. The van der Waals surface area contributed by atoms with Gasteiger partial charge in [-0.05, 0) is 36.5 Å². The van der Waals surface area contributed by atoms with Gasteiger partial charge in [0.2, 0.25) is 0 Å². The normalized spacial score (nSPS) is 40.0. The molecule has 208 valence electrons. The van der Waals surface area contributed by atoms with E-state index in [2.05, 4.69) is 0 Å². The molecule has 0 heterocycles. The molecule has 0 aromatic carbocycles. The molecule has 0 bridgehead atoms. The number of rotatable bonds is 9. The molecular weight excluding hydrogens is 520 g/mol. The third-order valence-electron chi connectivity index (χ3n) is 8.34. The van der Waals surface area contributed by atoms with E-state index in [4.69, 9.17) is 40.9 Å². The molecule has 16 nitrogen and oxygen atoms in total. The Morgan fingerprint density at radius 3 is 0.711 bits per heavy atom. The quantitative estimate of drug-likeness (QED) is 0.170. The van der Waals surface area contributed by atoms with Crippen LogP contribution in [0.4, 0.5) is 0 Å². The highest BCUT2D eigenvalue weighted by atomic mass is 16.4. The van der Waals surface area contributed by atoms with Crippen molar-refractivity contribution in [2.75, 3.05) is 0 Å². The van der Waals surface area contributed by atoms with Crippen LogP contribution < -0.4 is 0 Å². The first-order valence-corrected chi connectivity index (χ1v) is 11.4. The van der Waals surface area contributed by atoms with Crippen molar-refractivity contribution < 1.29 is 79.2 Å². The van der Waals surface area contributed by atoms with Gasteiger partial charge >= 0.3 is 47.8 Å². The Labute approximate surface area is 211 Å². The van der Waals surface area contributed by atoms with Gasteiger partial charge in [-0.15, -0.1) is 0 Å². The molecule has 0 aromatic rings. The summed E-state index contributed by atoms with van der Waals surface area (Å²) < 4.78 is 0. The Morgan fingerprint density at radius 1 is 0.342 bits per heavy atom. The van der Waals surface area contributed by atoms with Gasteiger partial charge < -0.3 is 40.9 Å². The van der Waals surface area contributed by atoms with Crippen LogP contribution in [0.5, 0.6) is 0 Å². The third-order valence-corrected chi connectivity index (χ3v) is 8.34. The molecule has 0 aliphatic heterocycles. The number of fused-ring (bicyclic) bond motifs is 1. The minimum absolute atomic E-state index is 0.0995. The third kappa shape index (κ3) is 4.72. The Kier molecular flexibility index (Phi) is 7.39. The summed E-state index contributed by atoms with van der Waals surface area (Å²) in [6.45, 7) is 0. The molecule has 0 aromatic heterocycles. The molecule has 4 aliphatic carbocycles. The molecule has 4 rings (SSSR count). The summed E-state index contributed by atoms with van der Waals surface area (Å²) in [6, 6.07) is 0. The summed E-state index contributed by atoms with van der Waals surface area (Å²) in [5.41, 5.74) is 0. The predicted octanol–water partition coefficient (Wildman–Crippen LogP) is -1.12. The molecule has 4 aliphatic rings. The van der Waals surface area contributed by atoms with E-state index >= 15 is 0 Å². The highest BCUT2D eigenvalue weighted by Gasteiger charge is 2.74. The summed E-state index contributed by atoms with van der Waals surface area (Å²) in [7, 11) is 0. The number of hydrogen-bond donors (Lipinski definition) is 8. The second-order valence-electron chi connectivity index (χ2n) is 10.0. The highest BCUT2D eigenvalue weighted by Crippen LogP contribution is 2.65. The first-order chi connectivity index (χ1) is 17.5. The fourth-order valence-electron chi connectivity index (χ4n) is 6.60. The van der Waals surface area contributed by atoms with Gasteiger partial charge in [0.25, 0.3) is 0 Å². The van der Waals surface area contributed by atoms with Crippen molar-refractivity contribution in [1.82, 2.24) is 0 Å². The van der Waals surface area contributed by atoms with Gasteiger partial charge in [0.1, 0.15) is 0 Å². The van der Waals surface area contributed by atoms with Crippen molar-refractivity contribution >= 4 is 47.8 Å². The van der Waals surface area contributed by atoms with Crippen LogP contribution in [0.25, 0.3) is 0 Å². The van der Waals surface area contributed by atoms with Gasteiger partial charge in [0, 0.05) is 0 Å². The van der Waals surface area contributed by atoms with Gasteiger partial charge in [-0.25, -0.2) is 0 Å². The SMILES string of the molecule is O=C(O)C1C(C(=O)O)C1C1C(C(=O)O)C1C(=O)O.O=C(O)C1CC2C(CC1C(=O)O)C(C(=O)O)C2C(=O)O. The molecule has 10 atom stereocenters. The van der Waals surface area contributed by atoms with Gasteiger partial charge in [0.15, 0.2) is 0 Å². The maximum atomic E-state index is 11.1. The van der Waals surface area contributed by atoms with Crippen molar-refractivity contribution in [3.63, 3.8) is 0 Å². The van der Waals surface area contributed by atoms with Crippen LogP contribution in [0, 0.1) is 71.0 Å². The molecule has 16 heteroatoms.